The van der Waals surface area contributed by atoms with E-state index in [0.29, 0.717) is 43.1 Å². The second-order valence-electron chi connectivity index (χ2n) is 9.42. The van der Waals surface area contributed by atoms with Crippen LogP contribution in [-0.2, 0) is 20.9 Å². The molecule has 2 N–H and O–H groups in total. The third-order valence-corrected chi connectivity index (χ3v) is 6.64. The van der Waals surface area contributed by atoms with Crippen molar-refractivity contribution >= 4 is 11.9 Å². The molecule has 0 fully saturated rings. The molecule has 0 radical (unpaired) electrons. The zero-order chi connectivity index (χ0) is 27.8. The maximum atomic E-state index is 13.3. The molecule has 1 amide bonds. The molecule has 0 bridgehead atoms. The van der Waals surface area contributed by atoms with Gasteiger partial charge in [0, 0.05) is 12.2 Å². The van der Waals surface area contributed by atoms with Crippen molar-refractivity contribution in [3.05, 3.63) is 82.9 Å². The molecule has 0 aliphatic carbocycles. The molecule has 2 atom stereocenters. The fourth-order valence-electron chi connectivity index (χ4n) is 4.53. The van der Waals surface area contributed by atoms with E-state index in [2.05, 4.69) is 5.32 Å². The molecule has 1 aliphatic rings. The molecular formula is C31H35NO7. The third kappa shape index (κ3) is 6.96. The van der Waals surface area contributed by atoms with Gasteiger partial charge in [0.1, 0.15) is 12.1 Å². The van der Waals surface area contributed by atoms with E-state index in [1.54, 1.807) is 6.07 Å². The van der Waals surface area contributed by atoms with Crippen molar-refractivity contribution in [3.63, 3.8) is 0 Å². The Hall–Kier alpha value is -3.88. The third-order valence-electron chi connectivity index (χ3n) is 6.64. The van der Waals surface area contributed by atoms with Gasteiger partial charge in [-0.2, -0.15) is 0 Å². The van der Waals surface area contributed by atoms with E-state index in [4.69, 9.17) is 18.9 Å². The molecule has 4 rings (SSSR count). The van der Waals surface area contributed by atoms with Crippen LogP contribution in [0.5, 0.6) is 11.5 Å². The number of carbonyl (C=O) groups is 2. The summed E-state index contributed by atoms with van der Waals surface area (Å²) in [5, 5.41) is 12.2. The van der Waals surface area contributed by atoms with Gasteiger partial charge < -0.3 is 29.4 Å². The first-order valence-electron chi connectivity index (χ1n) is 13.2. The first-order valence-corrected chi connectivity index (χ1v) is 13.2. The number of rotatable bonds is 13. The lowest BCUT2D eigenvalue weighted by molar-refractivity contribution is -0.139. The number of hydrogen-bond acceptors (Lipinski definition) is 6. The minimum Gasteiger partial charge on any atom is -0.480 e. The normalized spacial score (nSPS) is 13.6. The van der Waals surface area contributed by atoms with Gasteiger partial charge in [0.25, 0.3) is 5.91 Å². The van der Waals surface area contributed by atoms with Crippen LogP contribution in [0.4, 0.5) is 0 Å². The quantitative estimate of drug-likeness (QED) is 0.292. The Kier molecular flexibility index (Phi) is 9.57. The number of carboxylic acid groups (broad SMARTS) is 1. The zero-order valence-electron chi connectivity index (χ0n) is 22.6. The first-order chi connectivity index (χ1) is 18.9. The molecule has 0 aromatic heterocycles. The summed E-state index contributed by atoms with van der Waals surface area (Å²) in [4.78, 5) is 24.9. The van der Waals surface area contributed by atoms with Gasteiger partial charge in [-0.1, -0.05) is 49.7 Å². The first kappa shape index (κ1) is 28.1. The van der Waals surface area contributed by atoms with Crippen LogP contribution in [0.1, 0.15) is 59.8 Å². The van der Waals surface area contributed by atoms with Gasteiger partial charge >= 0.3 is 5.97 Å². The van der Waals surface area contributed by atoms with Gasteiger partial charge in [-0.3, -0.25) is 4.79 Å². The highest BCUT2D eigenvalue weighted by atomic mass is 16.7. The molecule has 0 unspecified atom stereocenters. The Morgan fingerprint density at radius 1 is 1.00 bits per heavy atom. The molecule has 0 saturated heterocycles. The highest BCUT2D eigenvalue weighted by Gasteiger charge is 2.23. The summed E-state index contributed by atoms with van der Waals surface area (Å²) in [6.07, 6.45) is 0.660. The van der Waals surface area contributed by atoms with Gasteiger partial charge in [0.15, 0.2) is 11.5 Å². The minimum atomic E-state index is -1.04. The smallest absolute Gasteiger partial charge is 0.326 e. The number of aryl methyl sites for hydroxylation is 1. The lowest BCUT2D eigenvalue weighted by Gasteiger charge is -2.20. The topological polar surface area (TPSA) is 103 Å². The van der Waals surface area contributed by atoms with Crippen molar-refractivity contribution in [2.75, 3.05) is 20.0 Å². The second kappa shape index (κ2) is 13.3. The Morgan fingerprint density at radius 2 is 1.79 bits per heavy atom. The highest BCUT2D eigenvalue weighted by molar-refractivity contribution is 6.02. The monoisotopic (exact) mass is 533 g/mol. The van der Waals surface area contributed by atoms with Crippen LogP contribution in [0.3, 0.4) is 0 Å². The van der Waals surface area contributed by atoms with Crippen molar-refractivity contribution < 1.29 is 33.6 Å². The van der Waals surface area contributed by atoms with E-state index in [-0.39, 0.29) is 19.5 Å². The Bertz CT molecular complexity index is 1310. The van der Waals surface area contributed by atoms with Gasteiger partial charge in [-0.05, 0) is 72.4 Å². The van der Waals surface area contributed by atoms with Gasteiger partial charge in [0.2, 0.25) is 6.79 Å². The molecule has 8 nitrogen and oxygen atoms in total. The average Bonchev–Trinajstić information content (AvgIpc) is 3.41. The van der Waals surface area contributed by atoms with E-state index >= 15 is 0 Å². The van der Waals surface area contributed by atoms with Crippen molar-refractivity contribution in [3.8, 4) is 22.6 Å². The molecule has 206 valence electrons. The summed E-state index contributed by atoms with van der Waals surface area (Å²) >= 11 is 0. The van der Waals surface area contributed by atoms with Crippen LogP contribution >= 0.6 is 0 Å². The summed E-state index contributed by atoms with van der Waals surface area (Å²) in [6.45, 7) is 7.21. The van der Waals surface area contributed by atoms with E-state index in [1.165, 1.54) is 0 Å². The van der Waals surface area contributed by atoms with E-state index in [1.807, 2.05) is 75.4 Å². The predicted octanol–water partition coefficient (Wildman–Crippen LogP) is 5.67. The molecular weight excluding hydrogens is 498 g/mol. The number of carboxylic acids is 1. The van der Waals surface area contributed by atoms with E-state index < -0.39 is 17.9 Å². The Labute approximate surface area is 228 Å². The predicted molar refractivity (Wildman–Crippen MR) is 147 cm³/mol. The number of hydrogen-bond donors (Lipinski definition) is 2. The summed E-state index contributed by atoms with van der Waals surface area (Å²) in [5.74, 6) is -0.0834. The number of nitrogens with one attached hydrogen (secondary N) is 1. The molecule has 1 heterocycles. The Balaban J connectivity index is 1.61. The lowest BCUT2D eigenvalue weighted by atomic mass is 9.93. The molecule has 3 aromatic carbocycles. The fraction of sp³-hybridized carbons (Fsp3) is 0.355. The van der Waals surface area contributed by atoms with Gasteiger partial charge in [0.05, 0.1) is 13.2 Å². The van der Waals surface area contributed by atoms with E-state index in [9.17, 15) is 14.7 Å². The van der Waals surface area contributed by atoms with Crippen LogP contribution in [0.2, 0.25) is 0 Å². The van der Waals surface area contributed by atoms with Crippen LogP contribution in [-0.4, -0.2) is 43.0 Å². The molecule has 1 aliphatic heterocycles. The number of carbonyl (C=O) groups excluding carboxylic acids is 1. The van der Waals surface area contributed by atoms with Crippen LogP contribution in [0.25, 0.3) is 11.1 Å². The van der Waals surface area contributed by atoms with Gasteiger partial charge in [-0.25, -0.2) is 4.79 Å². The van der Waals surface area contributed by atoms with Crippen molar-refractivity contribution in [1.82, 2.24) is 5.32 Å². The molecule has 39 heavy (non-hydrogen) atoms. The SMILES string of the molecule is CCC[C@H](NC(=O)c1ccc(CO[C@@H](COCC)c2ccc3c(c2)OCO3)cc1-c1ccccc1C)C(=O)O. The van der Waals surface area contributed by atoms with E-state index in [0.717, 1.165) is 27.8 Å². The van der Waals surface area contributed by atoms with Crippen molar-refractivity contribution in [2.24, 2.45) is 0 Å². The number of aliphatic carboxylic acids is 1. The number of ether oxygens (including phenoxy) is 4. The highest BCUT2D eigenvalue weighted by Crippen LogP contribution is 2.35. The van der Waals surface area contributed by atoms with Gasteiger partial charge in [-0.15, -0.1) is 0 Å². The average molecular weight is 534 g/mol. The lowest BCUT2D eigenvalue weighted by Crippen LogP contribution is -2.40. The second-order valence-corrected chi connectivity index (χ2v) is 9.42. The van der Waals surface area contributed by atoms with Crippen LogP contribution in [0, 0.1) is 6.92 Å². The maximum absolute atomic E-state index is 13.3. The largest absolute Gasteiger partial charge is 0.480 e. The van der Waals surface area contributed by atoms with Crippen molar-refractivity contribution in [2.45, 2.75) is 52.4 Å². The molecule has 3 aromatic rings. The summed E-state index contributed by atoms with van der Waals surface area (Å²) in [6, 6.07) is 18.1. The molecule has 0 spiro atoms. The number of amides is 1. The molecule has 0 saturated carbocycles. The zero-order valence-corrected chi connectivity index (χ0v) is 22.6. The molecule has 8 heteroatoms. The standard InChI is InChI=1S/C31H35NO7/c1-4-8-26(31(34)35)32-30(33)24-13-11-21(15-25(24)23-10-7-6-9-20(23)3)17-37-29(18-36-5-2)22-12-14-27-28(16-22)39-19-38-27/h6-7,9-16,26,29H,4-5,8,17-19H2,1-3H3,(H,32,33)(H,34,35)/t26-,29-/m0/s1. The van der Waals surface area contributed by atoms with Crippen molar-refractivity contribution in [1.29, 1.82) is 0 Å². The van der Waals surface area contributed by atoms with Crippen LogP contribution in [0.15, 0.2) is 60.7 Å². The fourth-order valence-corrected chi connectivity index (χ4v) is 4.53. The number of fused-ring (bicyclic) bond motifs is 1. The summed E-state index contributed by atoms with van der Waals surface area (Å²) in [7, 11) is 0. The minimum absolute atomic E-state index is 0.197. The number of benzene rings is 3. The summed E-state index contributed by atoms with van der Waals surface area (Å²) < 4.78 is 23.0. The van der Waals surface area contributed by atoms with Crippen LogP contribution < -0.4 is 14.8 Å². The maximum Gasteiger partial charge on any atom is 0.326 e. The summed E-state index contributed by atoms with van der Waals surface area (Å²) in [5.41, 5.74) is 4.82. The Morgan fingerprint density at radius 3 is 2.54 bits per heavy atom.